The van der Waals surface area contributed by atoms with Crippen molar-refractivity contribution in [2.45, 2.75) is 17.6 Å². The number of amides is 1. The van der Waals surface area contributed by atoms with Gasteiger partial charge in [-0.3, -0.25) is 4.79 Å². The summed E-state index contributed by atoms with van der Waals surface area (Å²) in [6.07, 6.45) is 0. The van der Waals surface area contributed by atoms with Crippen LogP contribution in [0, 0.1) is 0 Å². The lowest BCUT2D eigenvalue weighted by molar-refractivity contribution is 0.0949. The second-order valence-electron chi connectivity index (χ2n) is 6.74. The first kappa shape index (κ1) is 22.0. The Bertz CT molecular complexity index is 1270. The summed E-state index contributed by atoms with van der Waals surface area (Å²) in [5.74, 6) is 0.768. The molecule has 0 saturated carbocycles. The summed E-state index contributed by atoms with van der Waals surface area (Å²) in [5, 5.41) is 19.6. The minimum absolute atomic E-state index is 0.0335. The normalized spacial score (nSPS) is 11.4. The highest BCUT2D eigenvalue weighted by atomic mass is 32.2. The van der Waals surface area contributed by atoms with Crippen LogP contribution in [0.1, 0.15) is 28.7 Å². The highest BCUT2D eigenvalue weighted by molar-refractivity contribution is 7.98. The minimum Gasteiger partial charge on any atom is -0.497 e. The largest absolute Gasteiger partial charge is 0.497 e. The average Bonchev–Trinajstić information content (AvgIpc) is 3.47. The Morgan fingerprint density at radius 1 is 1.18 bits per heavy atom. The number of nitrogens with two attached hydrogens (primary N) is 1. The van der Waals surface area contributed by atoms with Crippen LogP contribution in [-0.4, -0.2) is 44.0 Å². The van der Waals surface area contributed by atoms with Crippen LogP contribution < -0.4 is 15.9 Å². The van der Waals surface area contributed by atoms with Gasteiger partial charge in [0, 0.05) is 10.6 Å². The predicted molar refractivity (Wildman–Crippen MR) is 122 cm³/mol. The van der Waals surface area contributed by atoms with Crippen LogP contribution in [0.2, 0.25) is 0 Å². The van der Waals surface area contributed by atoms with Gasteiger partial charge in [0.25, 0.3) is 5.91 Å². The first-order valence-corrected chi connectivity index (χ1v) is 10.7. The molecule has 2 heterocycles. The van der Waals surface area contributed by atoms with E-state index in [1.807, 2.05) is 54.6 Å². The van der Waals surface area contributed by atoms with E-state index in [2.05, 4.69) is 35.8 Å². The Hall–Kier alpha value is -4.19. The number of nitrogens with one attached hydrogen (secondary N) is 1. The third-order valence-electron chi connectivity index (χ3n) is 4.63. The molecule has 0 aliphatic carbocycles. The van der Waals surface area contributed by atoms with Crippen molar-refractivity contribution in [1.29, 1.82) is 0 Å². The number of benzene rings is 2. The molecule has 0 aliphatic heterocycles. The topological polar surface area (TPSA) is 146 Å². The number of aromatic nitrogens is 5. The number of nitrogens with zero attached hydrogens (tertiary/aromatic N) is 6. The maximum absolute atomic E-state index is 12.9. The van der Waals surface area contributed by atoms with Gasteiger partial charge in [0.2, 0.25) is 11.6 Å². The van der Waals surface area contributed by atoms with Crippen LogP contribution in [0.25, 0.3) is 5.82 Å². The Kier molecular flexibility index (Phi) is 6.64. The van der Waals surface area contributed by atoms with Gasteiger partial charge in [-0.1, -0.05) is 23.4 Å². The van der Waals surface area contributed by atoms with E-state index in [9.17, 15) is 4.79 Å². The molecule has 0 atom stereocenters. The summed E-state index contributed by atoms with van der Waals surface area (Å²) in [5.41, 5.74) is 10.4. The number of nitrogen functional groups attached to an aromatic ring is 1. The number of hydrogen-bond donors (Lipinski definition) is 2. The zero-order chi connectivity index (χ0) is 23.2. The van der Waals surface area contributed by atoms with Gasteiger partial charge in [-0.2, -0.15) is 9.78 Å². The van der Waals surface area contributed by atoms with Crippen molar-refractivity contribution in [3.8, 4) is 11.6 Å². The van der Waals surface area contributed by atoms with Gasteiger partial charge in [0.1, 0.15) is 5.75 Å². The smallest absolute Gasteiger partial charge is 0.293 e. The lowest BCUT2D eigenvalue weighted by Crippen LogP contribution is -2.21. The maximum atomic E-state index is 12.9. The zero-order valence-electron chi connectivity index (χ0n) is 17.8. The second-order valence-corrected chi connectivity index (χ2v) is 7.79. The molecule has 0 unspecified atom stereocenters. The van der Waals surface area contributed by atoms with E-state index in [4.69, 9.17) is 10.5 Å². The van der Waals surface area contributed by atoms with E-state index in [0.29, 0.717) is 17.2 Å². The molecule has 2 aromatic heterocycles. The van der Waals surface area contributed by atoms with Gasteiger partial charge in [-0.15, -0.1) is 16.9 Å². The van der Waals surface area contributed by atoms with Gasteiger partial charge in [0.15, 0.2) is 5.69 Å². The van der Waals surface area contributed by atoms with Crippen molar-refractivity contribution in [1.82, 2.24) is 30.7 Å². The van der Waals surface area contributed by atoms with Crippen LogP contribution >= 0.6 is 11.8 Å². The molecular weight excluding hydrogens is 444 g/mol. The van der Waals surface area contributed by atoms with Crippen molar-refractivity contribution in [2.75, 3.05) is 12.8 Å². The summed E-state index contributed by atoms with van der Waals surface area (Å²) < 4.78 is 11.2. The SMILES string of the molecule is COc1ccc(/C(C)=N/NC(=O)c2nnn(-c3nonc3N)c2CSc2ccccc2)cc1. The molecule has 33 heavy (non-hydrogen) atoms. The molecule has 0 bridgehead atoms. The van der Waals surface area contributed by atoms with E-state index in [-0.39, 0.29) is 17.3 Å². The molecule has 0 fully saturated rings. The standard InChI is InChI=1S/C21H20N8O3S/c1-13(14-8-10-15(31-2)11-9-14)23-25-21(30)18-17(12-33-16-6-4-3-5-7-16)29(28-24-18)20-19(22)26-32-27-20/h3-11H,12H2,1-2H3,(H2,22,26)(H,25,30)/b23-13+. The van der Waals surface area contributed by atoms with Gasteiger partial charge in [0.05, 0.1) is 18.5 Å². The lowest BCUT2D eigenvalue weighted by atomic mass is 10.1. The highest BCUT2D eigenvalue weighted by Gasteiger charge is 2.24. The summed E-state index contributed by atoms with van der Waals surface area (Å²) >= 11 is 1.50. The molecule has 2 aromatic carbocycles. The molecule has 0 radical (unpaired) electrons. The van der Waals surface area contributed by atoms with Crippen molar-refractivity contribution in [3.63, 3.8) is 0 Å². The molecule has 12 heteroatoms. The summed E-state index contributed by atoms with van der Waals surface area (Å²) in [6, 6.07) is 17.1. The van der Waals surface area contributed by atoms with Gasteiger partial charge in [-0.05, 0) is 59.2 Å². The first-order chi connectivity index (χ1) is 16.1. The van der Waals surface area contributed by atoms with Gasteiger partial charge < -0.3 is 10.5 Å². The maximum Gasteiger partial charge on any atom is 0.293 e. The lowest BCUT2D eigenvalue weighted by Gasteiger charge is -2.06. The summed E-state index contributed by atoms with van der Waals surface area (Å²) in [6.45, 7) is 1.78. The molecule has 0 spiro atoms. The number of methoxy groups -OCH3 is 1. The number of carbonyl (C=O) groups is 1. The van der Waals surface area contributed by atoms with Gasteiger partial charge >= 0.3 is 0 Å². The zero-order valence-corrected chi connectivity index (χ0v) is 18.6. The quantitative estimate of drug-likeness (QED) is 0.228. The monoisotopic (exact) mass is 464 g/mol. The van der Waals surface area contributed by atoms with Crippen LogP contribution in [0.5, 0.6) is 5.75 Å². The third kappa shape index (κ3) is 5.01. The number of carbonyl (C=O) groups excluding carboxylic acids is 1. The fourth-order valence-electron chi connectivity index (χ4n) is 2.87. The van der Waals surface area contributed by atoms with Crippen molar-refractivity contribution in [2.24, 2.45) is 5.10 Å². The molecule has 0 aliphatic rings. The Morgan fingerprint density at radius 2 is 1.94 bits per heavy atom. The first-order valence-electron chi connectivity index (χ1n) is 9.76. The number of anilines is 1. The number of thioether (sulfide) groups is 1. The molecule has 4 rings (SSSR count). The van der Waals surface area contributed by atoms with E-state index >= 15 is 0 Å². The van der Waals surface area contributed by atoms with Crippen molar-refractivity contribution >= 4 is 29.2 Å². The summed E-state index contributed by atoms with van der Waals surface area (Å²) in [7, 11) is 1.60. The van der Waals surface area contributed by atoms with E-state index in [1.54, 1.807) is 14.0 Å². The van der Waals surface area contributed by atoms with Crippen LogP contribution in [0.3, 0.4) is 0 Å². The number of rotatable bonds is 8. The minimum atomic E-state index is -0.521. The Morgan fingerprint density at radius 3 is 2.61 bits per heavy atom. The number of hydrazone groups is 1. The fraction of sp³-hybridized carbons (Fsp3) is 0.143. The Labute approximate surface area is 193 Å². The van der Waals surface area contributed by atoms with Crippen LogP contribution in [0.4, 0.5) is 5.82 Å². The van der Waals surface area contributed by atoms with Crippen molar-refractivity contribution in [3.05, 3.63) is 71.5 Å². The average molecular weight is 465 g/mol. The predicted octanol–water partition coefficient (Wildman–Crippen LogP) is 2.69. The van der Waals surface area contributed by atoms with Gasteiger partial charge in [-0.25, -0.2) is 10.1 Å². The third-order valence-corrected chi connectivity index (χ3v) is 5.65. The number of ether oxygens (including phenoxy) is 1. The fourth-order valence-corrected chi connectivity index (χ4v) is 3.78. The molecule has 1 amide bonds. The van der Waals surface area contributed by atoms with Crippen molar-refractivity contribution < 1.29 is 14.2 Å². The highest BCUT2D eigenvalue weighted by Crippen LogP contribution is 2.25. The van der Waals surface area contributed by atoms with Crippen LogP contribution in [0.15, 0.2) is 69.2 Å². The van der Waals surface area contributed by atoms with E-state index < -0.39 is 5.91 Å². The molecular formula is C21H20N8O3S. The van der Waals surface area contributed by atoms with Crippen LogP contribution in [-0.2, 0) is 5.75 Å². The molecule has 4 aromatic rings. The molecule has 0 saturated heterocycles. The second kappa shape index (κ2) is 9.96. The Balaban J connectivity index is 1.58. The van der Waals surface area contributed by atoms with E-state index in [0.717, 1.165) is 16.2 Å². The molecule has 168 valence electrons. The summed E-state index contributed by atoms with van der Waals surface area (Å²) in [4.78, 5) is 13.9. The molecule has 3 N–H and O–H groups in total. The molecule has 11 nitrogen and oxygen atoms in total. The van der Waals surface area contributed by atoms with E-state index in [1.165, 1.54) is 16.4 Å². The number of hydrogen-bond acceptors (Lipinski definition) is 10.